The van der Waals surface area contributed by atoms with Crippen LogP contribution in [0.3, 0.4) is 0 Å². The van der Waals surface area contributed by atoms with Gasteiger partial charge in [-0.05, 0) is 61.7 Å². The van der Waals surface area contributed by atoms with Crippen molar-refractivity contribution in [2.45, 2.75) is 32.1 Å². The molecule has 1 N–H and O–H groups in total. The van der Waals surface area contributed by atoms with E-state index in [4.69, 9.17) is 4.74 Å². The lowest BCUT2D eigenvalue weighted by Gasteiger charge is -2.12. The fourth-order valence-electron chi connectivity index (χ4n) is 2.35. The van der Waals surface area contributed by atoms with Gasteiger partial charge in [0.2, 0.25) is 5.91 Å². The highest BCUT2D eigenvalue weighted by atomic mass is 32.2. The molecule has 0 atom stereocenters. The summed E-state index contributed by atoms with van der Waals surface area (Å²) in [7, 11) is -3.26. The van der Waals surface area contributed by atoms with Crippen LogP contribution in [0.25, 0.3) is 0 Å². The first kappa shape index (κ1) is 19.0. The van der Waals surface area contributed by atoms with E-state index in [1.807, 2.05) is 32.0 Å². The highest BCUT2D eigenvalue weighted by Gasteiger charge is 2.11. The normalized spacial score (nSPS) is 11.2. The summed E-state index contributed by atoms with van der Waals surface area (Å²) in [5.41, 5.74) is 3.51. The Kier molecular flexibility index (Phi) is 5.85. The van der Waals surface area contributed by atoms with Crippen molar-refractivity contribution in [1.29, 1.82) is 0 Å². The molecule has 0 aliphatic heterocycles. The monoisotopic (exact) mass is 361 g/mol. The second kappa shape index (κ2) is 7.70. The maximum atomic E-state index is 12.1. The molecule has 0 spiro atoms. The van der Waals surface area contributed by atoms with Crippen LogP contribution in [0.1, 0.15) is 23.1 Å². The van der Waals surface area contributed by atoms with Gasteiger partial charge in [0.05, 0.1) is 17.9 Å². The number of benzene rings is 2. The minimum Gasteiger partial charge on any atom is -0.493 e. The summed E-state index contributed by atoms with van der Waals surface area (Å²) >= 11 is 0. The smallest absolute Gasteiger partial charge is 0.227 e. The molecule has 2 aromatic carbocycles. The number of hydrogen-bond donors (Lipinski definition) is 1. The van der Waals surface area contributed by atoms with Crippen LogP contribution >= 0.6 is 0 Å². The van der Waals surface area contributed by atoms with Crippen molar-refractivity contribution in [3.05, 3.63) is 53.1 Å². The predicted octanol–water partition coefficient (Wildman–Crippen LogP) is 3.42. The first-order valence-electron chi connectivity index (χ1n) is 7.98. The maximum Gasteiger partial charge on any atom is 0.227 e. The Labute approximate surface area is 148 Å². The zero-order valence-electron chi connectivity index (χ0n) is 14.9. The Morgan fingerprint density at radius 2 is 1.80 bits per heavy atom. The minimum absolute atomic E-state index is 0.180. The third-order valence-electron chi connectivity index (χ3n) is 4.04. The molecule has 0 bridgehead atoms. The average Bonchev–Trinajstić information content (AvgIpc) is 2.52. The van der Waals surface area contributed by atoms with Crippen molar-refractivity contribution in [1.82, 2.24) is 0 Å². The lowest BCUT2D eigenvalue weighted by molar-refractivity contribution is -0.116. The Hall–Kier alpha value is -2.34. The number of rotatable bonds is 6. The van der Waals surface area contributed by atoms with Crippen LogP contribution in [0.4, 0.5) is 5.69 Å². The van der Waals surface area contributed by atoms with Gasteiger partial charge in [-0.1, -0.05) is 12.1 Å². The molecule has 2 aromatic rings. The van der Waals surface area contributed by atoms with E-state index in [-0.39, 0.29) is 23.8 Å². The fourth-order valence-corrected chi connectivity index (χ4v) is 3.06. The van der Waals surface area contributed by atoms with Gasteiger partial charge in [-0.25, -0.2) is 8.42 Å². The Balaban J connectivity index is 1.93. The Bertz CT molecular complexity index is 888. The molecule has 0 unspecified atom stereocenters. The quantitative estimate of drug-likeness (QED) is 0.856. The average molecular weight is 361 g/mol. The summed E-state index contributed by atoms with van der Waals surface area (Å²) in [4.78, 5) is 12.3. The lowest BCUT2D eigenvalue weighted by atomic mass is 10.1. The van der Waals surface area contributed by atoms with Crippen LogP contribution in [0, 0.1) is 20.8 Å². The summed E-state index contributed by atoms with van der Waals surface area (Å²) in [6, 6.07) is 10.5. The van der Waals surface area contributed by atoms with E-state index in [2.05, 4.69) is 5.32 Å². The van der Waals surface area contributed by atoms with E-state index < -0.39 is 9.84 Å². The number of amides is 1. The van der Waals surface area contributed by atoms with E-state index in [0.717, 1.165) is 23.1 Å². The zero-order valence-corrected chi connectivity index (χ0v) is 15.7. The molecule has 6 heteroatoms. The van der Waals surface area contributed by atoms with Crippen molar-refractivity contribution in [2.24, 2.45) is 0 Å². The second-order valence-electron chi connectivity index (χ2n) is 6.09. The molecule has 0 saturated heterocycles. The van der Waals surface area contributed by atoms with E-state index in [1.54, 1.807) is 19.1 Å². The fraction of sp³-hybridized carbons (Fsp3) is 0.316. The van der Waals surface area contributed by atoms with Crippen LogP contribution < -0.4 is 10.1 Å². The van der Waals surface area contributed by atoms with Crippen molar-refractivity contribution in [3.63, 3.8) is 0 Å². The van der Waals surface area contributed by atoms with Crippen LogP contribution in [0.2, 0.25) is 0 Å². The van der Waals surface area contributed by atoms with E-state index in [1.165, 1.54) is 6.07 Å². The SMILES string of the molecule is Cc1cc(S(C)(=O)=O)ccc1NC(=O)CCOc1cccc(C)c1C. The number of aryl methyl sites for hydroxylation is 2. The largest absolute Gasteiger partial charge is 0.493 e. The third kappa shape index (κ3) is 5.06. The van der Waals surface area contributed by atoms with Crippen LogP contribution in [0.5, 0.6) is 5.75 Å². The minimum atomic E-state index is -3.26. The third-order valence-corrected chi connectivity index (χ3v) is 5.15. The number of anilines is 1. The highest BCUT2D eigenvalue weighted by molar-refractivity contribution is 7.90. The van der Waals surface area contributed by atoms with Gasteiger partial charge in [-0.15, -0.1) is 0 Å². The number of hydrogen-bond acceptors (Lipinski definition) is 4. The molecular weight excluding hydrogens is 338 g/mol. The molecule has 0 heterocycles. The van der Waals surface area contributed by atoms with Gasteiger partial charge < -0.3 is 10.1 Å². The number of nitrogens with one attached hydrogen (secondary N) is 1. The summed E-state index contributed by atoms with van der Waals surface area (Å²) in [5.74, 6) is 0.599. The molecule has 0 saturated carbocycles. The van der Waals surface area contributed by atoms with Gasteiger partial charge in [0.15, 0.2) is 9.84 Å². The molecule has 2 rings (SSSR count). The van der Waals surface area contributed by atoms with Crippen molar-refractivity contribution in [2.75, 3.05) is 18.2 Å². The molecule has 0 radical (unpaired) electrons. The molecule has 1 amide bonds. The van der Waals surface area contributed by atoms with Gasteiger partial charge in [0.1, 0.15) is 5.75 Å². The molecule has 134 valence electrons. The van der Waals surface area contributed by atoms with Crippen LogP contribution in [0.15, 0.2) is 41.3 Å². The van der Waals surface area contributed by atoms with Gasteiger partial charge in [-0.2, -0.15) is 0 Å². The molecule has 0 fully saturated rings. The molecule has 0 aromatic heterocycles. The van der Waals surface area contributed by atoms with Crippen LogP contribution in [-0.4, -0.2) is 27.2 Å². The number of carbonyl (C=O) groups is 1. The summed E-state index contributed by atoms with van der Waals surface area (Å²) < 4.78 is 28.8. The highest BCUT2D eigenvalue weighted by Crippen LogP contribution is 2.21. The zero-order chi connectivity index (χ0) is 18.6. The second-order valence-corrected chi connectivity index (χ2v) is 8.11. The molecule has 0 aliphatic carbocycles. The number of ether oxygens (including phenoxy) is 1. The first-order valence-corrected chi connectivity index (χ1v) is 9.87. The van der Waals surface area contributed by atoms with E-state index >= 15 is 0 Å². The van der Waals surface area contributed by atoms with E-state index in [0.29, 0.717) is 11.3 Å². The van der Waals surface area contributed by atoms with Gasteiger partial charge in [0.25, 0.3) is 0 Å². The lowest BCUT2D eigenvalue weighted by Crippen LogP contribution is -2.16. The molecule has 25 heavy (non-hydrogen) atoms. The molecular formula is C19H23NO4S. The Morgan fingerprint density at radius 1 is 1.08 bits per heavy atom. The maximum absolute atomic E-state index is 12.1. The van der Waals surface area contributed by atoms with Crippen LogP contribution in [-0.2, 0) is 14.6 Å². The van der Waals surface area contributed by atoms with E-state index in [9.17, 15) is 13.2 Å². The standard InChI is InChI=1S/C19H23NO4S/c1-13-6-5-7-18(15(13)3)24-11-10-19(21)20-17-9-8-16(12-14(17)2)25(4,22)23/h5-9,12H,10-11H2,1-4H3,(H,20,21). The topological polar surface area (TPSA) is 72.5 Å². The van der Waals surface area contributed by atoms with Crippen molar-refractivity contribution < 1.29 is 17.9 Å². The van der Waals surface area contributed by atoms with Gasteiger partial charge >= 0.3 is 0 Å². The summed E-state index contributed by atoms with van der Waals surface area (Å²) in [5, 5.41) is 2.79. The summed E-state index contributed by atoms with van der Waals surface area (Å²) in [6.07, 6.45) is 1.37. The van der Waals surface area contributed by atoms with Gasteiger partial charge in [-0.3, -0.25) is 4.79 Å². The predicted molar refractivity (Wildman–Crippen MR) is 98.9 cm³/mol. The Morgan fingerprint density at radius 3 is 2.44 bits per heavy atom. The molecule has 5 nitrogen and oxygen atoms in total. The van der Waals surface area contributed by atoms with Gasteiger partial charge in [0, 0.05) is 11.9 Å². The number of sulfone groups is 1. The number of carbonyl (C=O) groups excluding carboxylic acids is 1. The van der Waals surface area contributed by atoms with Crippen molar-refractivity contribution >= 4 is 21.4 Å². The molecule has 0 aliphatic rings. The first-order chi connectivity index (χ1) is 11.7. The summed E-state index contributed by atoms with van der Waals surface area (Å²) in [6.45, 7) is 6.03. The van der Waals surface area contributed by atoms with Crippen molar-refractivity contribution in [3.8, 4) is 5.75 Å².